The zero-order chi connectivity index (χ0) is 21.7. The second-order valence-electron chi connectivity index (χ2n) is 7.73. The van der Waals surface area contributed by atoms with Crippen molar-refractivity contribution in [1.82, 2.24) is 14.9 Å². The summed E-state index contributed by atoms with van der Waals surface area (Å²) in [5, 5.41) is 12.6. The number of rotatable bonds is 9. The van der Waals surface area contributed by atoms with Crippen molar-refractivity contribution >= 4 is 23.5 Å². The first-order valence-electron chi connectivity index (χ1n) is 10.3. The number of hydrogen-bond acceptors (Lipinski definition) is 4. The van der Waals surface area contributed by atoms with E-state index in [-0.39, 0.29) is 12.1 Å². The number of aromatic nitrogens is 2. The van der Waals surface area contributed by atoms with Crippen molar-refractivity contribution in [3.05, 3.63) is 51.5 Å². The van der Waals surface area contributed by atoms with E-state index in [0.29, 0.717) is 35.8 Å². The van der Waals surface area contributed by atoms with Crippen LogP contribution >= 0.6 is 11.6 Å². The van der Waals surface area contributed by atoms with Gasteiger partial charge in [0.15, 0.2) is 0 Å². The lowest BCUT2D eigenvalue weighted by atomic mass is 9.77. The van der Waals surface area contributed by atoms with Gasteiger partial charge in [0.1, 0.15) is 17.9 Å². The van der Waals surface area contributed by atoms with Gasteiger partial charge in [0, 0.05) is 23.1 Å². The molecule has 1 aromatic heterocycles. The predicted molar refractivity (Wildman–Crippen MR) is 115 cm³/mol. The standard InChI is InChI=1S/C22H26ClN3O4/c1-2-3-4-6-18-24-17(15-7-9-16(23)10-8-15)13-20(28)26(18)14-19(27)25-22(21(29)30)11-5-12-22/h7-10,13H,2-6,11-12,14H2,1H3,(H,25,27)(H,29,30). The summed E-state index contributed by atoms with van der Waals surface area (Å²) < 4.78 is 1.35. The molecule has 1 aliphatic carbocycles. The number of carbonyl (C=O) groups is 2. The Hall–Kier alpha value is -2.67. The van der Waals surface area contributed by atoms with Gasteiger partial charge in [-0.15, -0.1) is 0 Å². The molecule has 0 aliphatic heterocycles. The summed E-state index contributed by atoms with van der Waals surface area (Å²) >= 11 is 5.95. The maximum atomic E-state index is 12.9. The van der Waals surface area contributed by atoms with Crippen LogP contribution in [-0.2, 0) is 22.6 Å². The molecule has 7 nitrogen and oxygen atoms in total. The lowest BCUT2D eigenvalue weighted by molar-refractivity contribution is -0.151. The third-order valence-electron chi connectivity index (χ3n) is 5.53. The summed E-state index contributed by atoms with van der Waals surface area (Å²) in [6.45, 7) is 1.84. The number of nitrogens with one attached hydrogen (secondary N) is 1. The van der Waals surface area contributed by atoms with E-state index in [1.807, 2.05) is 0 Å². The Morgan fingerprint density at radius 1 is 1.23 bits per heavy atom. The molecule has 1 aliphatic rings. The van der Waals surface area contributed by atoms with Gasteiger partial charge in [0.2, 0.25) is 5.91 Å². The number of carboxylic acid groups (broad SMARTS) is 1. The third kappa shape index (κ3) is 4.90. The molecule has 3 rings (SSSR count). The number of aliphatic carboxylic acids is 1. The molecule has 1 aromatic carbocycles. The van der Waals surface area contributed by atoms with Crippen LogP contribution in [0.3, 0.4) is 0 Å². The van der Waals surface area contributed by atoms with Crippen molar-refractivity contribution in [2.75, 3.05) is 0 Å². The van der Waals surface area contributed by atoms with E-state index in [4.69, 9.17) is 11.6 Å². The maximum Gasteiger partial charge on any atom is 0.329 e. The molecule has 8 heteroatoms. The van der Waals surface area contributed by atoms with Crippen LogP contribution in [0.5, 0.6) is 0 Å². The molecule has 0 unspecified atom stereocenters. The van der Waals surface area contributed by atoms with E-state index < -0.39 is 17.4 Å². The van der Waals surface area contributed by atoms with E-state index >= 15 is 0 Å². The van der Waals surface area contributed by atoms with Crippen LogP contribution in [0.15, 0.2) is 35.1 Å². The van der Waals surface area contributed by atoms with E-state index in [9.17, 15) is 19.5 Å². The van der Waals surface area contributed by atoms with E-state index in [2.05, 4.69) is 17.2 Å². The number of halogens is 1. The summed E-state index contributed by atoms with van der Waals surface area (Å²) in [5.74, 6) is -1.00. The highest BCUT2D eigenvalue weighted by atomic mass is 35.5. The Bertz CT molecular complexity index is 981. The van der Waals surface area contributed by atoms with Gasteiger partial charge in [-0.25, -0.2) is 9.78 Å². The van der Waals surface area contributed by atoms with E-state index in [1.54, 1.807) is 24.3 Å². The molecule has 0 bridgehead atoms. The molecule has 0 spiro atoms. The van der Waals surface area contributed by atoms with Crippen molar-refractivity contribution in [2.45, 2.75) is 64.0 Å². The first-order chi connectivity index (χ1) is 14.3. The van der Waals surface area contributed by atoms with Crippen molar-refractivity contribution in [3.63, 3.8) is 0 Å². The lowest BCUT2D eigenvalue weighted by Crippen LogP contribution is -2.59. The largest absolute Gasteiger partial charge is 0.480 e. The van der Waals surface area contributed by atoms with Crippen LogP contribution in [0.4, 0.5) is 0 Å². The van der Waals surface area contributed by atoms with Crippen molar-refractivity contribution in [3.8, 4) is 11.3 Å². The molecule has 1 amide bonds. The maximum absolute atomic E-state index is 12.9. The third-order valence-corrected chi connectivity index (χ3v) is 5.78. The fourth-order valence-corrected chi connectivity index (χ4v) is 3.71. The highest BCUT2D eigenvalue weighted by molar-refractivity contribution is 6.30. The average molecular weight is 432 g/mol. The van der Waals surface area contributed by atoms with Crippen molar-refractivity contribution in [1.29, 1.82) is 0 Å². The van der Waals surface area contributed by atoms with Crippen molar-refractivity contribution in [2.24, 2.45) is 0 Å². The molecular formula is C22H26ClN3O4. The Kier molecular flexibility index (Phi) is 6.92. The molecule has 30 heavy (non-hydrogen) atoms. The van der Waals surface area contributed by atoms with E-state index in [1.165, 1.54) is 10.6 Å². The molecule has 2 N–H and O–H groups in total. The summed E-state index contributed by atoms with van der Waals surface area (Å²) in [6, 6.07) is 8.46. The number of carbonyl (C=O) groups excluding carboxylic acids is 1. The Balaban J connectivity index is 1.88. The van der Waals surface area contributed by atoms with Gasteiger partial charge in [0.05, 0.1) is 5.69 Å². The molecule has 2 aromatic rings. The van der Waals surface area contributed by atoms with Gasteiger partial charge < -0.3 is 10.4 Å². The van der Waals surface area contributed by atoms with Crippen molar-refractivity contribution < 1.29 is 14.7 Å². The number of benzene rings is 1. The SMILES string of the molecule is CCCCCc1nc(-c2ccc(Cl)cc2)cc(=O)n1CC(=O)NC1(C(=O)O)CCC1. The summed E-state index contributed by atoms with van der Waals surface area (Å²) in [6.07, 6.45) is 4.96. The van der Waals surface area contributed by atoms with Crippen LogP contribution in [0, 0.1) is 0 Å². The monoisotopic (exact) mass is 431 g/mol. The minimum atomic E-state index is -1.21. The smallest absolute Gasteiger partial charge is 0.329 e. The highest BCUT2D eigenvalue weighted by Gasteiger charge is 2.45. The fraction of sp³-hybridized carbons (Fsp3) is 0.455. The number of amides is 1. The van der Waals surface area contributed by atoms with Gasteiger partial charge in [-0.1, -0.05) is 43.5 Å². The zero-order valence-corrected chi connectivity index (χ0v) is 17.7. The minimum Gasteiger partial charge on any atom is -0.480 e. The number of carboxylic acids is 1. The molecule has 1 fully saturated rings. The van der Waals surface area contributed by atoms with Gasteiger partial charge in [0.25, 0.3) is 5.56 Å². The Morgan fingerprint density at radius 2 is 1.93 bits per heavy atom. The number of unbranched alkanes of at least 4 members (excludes halogenated alkanes) is 2. The number of hydrogen-bond donors (Lipinski definition) is 2. The van der Waals surface area contributed by atoms with Gasteiger partial charge in [-0.2, -0.15) is 0 Å². The fourth-order valence-electron chi connectivity index (χ4n) is 3.59. The summed E-state index contributed by atoms with van der Waals surface area (Å²) in [7, 11) is 0. The minimum absolute atomic E-state index is 0.247. The molecular weight excluding hydrogens is 406 g/mol. The zero-order valence-electron chi connectivity index (χ0n) is 17.0. The first-order valence-corrected chi connectivity index (χ1v) is 10.6. The Labute approximate surface area is 180 Å². The second-order valence-corrected chi connectivity index (χ2v) is 8.17. The lowest BCUT2D eigenvalue weighted by Gasteiger charge is -2.38. The topological polar surface area (TPSA) is 101 Å². The molecule has 0 radical (unpaired) electrons. The second kappa shape index (κ2) is 9.43. The predicted octanol–water partition coefficient (Wildman–Crippen LogP) is 3.42. The van der Waals surface area contributed by atoms with Gasteiger partial charge in [-0.05, 0) is 37.8 Å². The van der Waals surface area contributed by atoms with Crippen LogP contribution < -0.4 is 10.9 Å². The van der Waals surface area contributed by atoms with Crippen LogP contribution in [0.2, 0.25) is 5.02 Å². The van der Waals surface area contributed by atoms with Crippen LogP contribution in [-0.4, -0.2) is 32.1 Å². The summed E-state index contributed by atoms with van der Waals surface area (Å²) in [5.41, 5.74) is -0.251. The molecule has 0 atom stereocenters. The normalized spacial score (nSPS) is 14.7. The molecule has 0 saturated heterocycles. The Morgan fingerprint density at radius 3 is 2.50 bits per heavy atom. The van der Waals surface area contributed by atoms with Gasteiger partial charge in [-0.3, -0.25) is 14.2 Å². The highest BCUT2D eigenvalue weighted by Crippen LogP contribution is 2.32. The van der Waals surface area contributed by atoms with E-state index in [0.717, 1.165) is 31.2 Å². The molecule has 160 valence electrons. The average Bonchev–Trinajstić information content (AvgIpc) is 2.67. The first kappa shape index (κ1) is 22.0. The van der Waals surface area contributed by atoms with Crippen LogP contribution in [0.1, 0.15) is 51.3 Å². The molecule has 1 saturated carbocycles. The van der Waals surface area contributed by atoms with Gasteiger partial charge >= 0.3 is 5.97 Å². The summed E-state index contributed by atoms with van der Waals surface area (Å²) in [4.78, 5) is 41.6. The number of aryl methyl sites for hydroxylation is 1. The van der Waals surface area contributed by atoms with Crippen LogP contribution in [0.25, 0.3) is 11.3 Å². The number of nitrogens with zero attached hydrogens (tertiary/aromatic N) is 2. The quantitative estimate of drug-likeness (QED) is 0.592. The molecule has 1 heterocycles.